The minimum Gasteiger partial charge on any atom is -0.451 e. The van der Waals surface area contributed by atoms with Gasteiger partial charge in [0, 0.05) is 6.54 Å². The standard InChI is InChI=1S/C8H12N2O2/c1-2-9-3-8(1)12-5-7-4-11-6-10-7/h4,6,8-9H,1-3,5H2/t8-/m1/s1. The molecule has 0 spiro atoms. The van der Waals surface area contributed by atoms with Crippen LogP contribution in [0.25, 0.3) is 0 Å². The van der Waals surface area contributed by atoms with Crippen molar-refractivity contribution in [3.05, 3.63) is 18.4 Å². The molecule has 1 aliphatic rings. The van der Waals surface area contributed by atoms with Gasteiger partial charge < -0.3 is 14.5 Å². The van der Waals surface area contributed by atoms with Crippen LogP contribution >= 0.6 is 0 Å². The first-order chi connectivity index (χ1) is 5.95. The first kappa shape index (κ1) is 7.76. The highest BCUT2D eigenvalue weighted by Crippen LogP contribution is 2.06. The van der Waals surface area contributed by atoms with Gasteiger partial charge in [0.2, 0.25) is 0 Å². The second-order valence-electron chi connectivity index (χ2n) is 2.91. The third-order valence-corrected chi connectivity index (χ3v) is 1.97. The van der Waals surface area contributed by atoms with Crippen molar-refractivity contribution < 1.29 is 9.15 Å². The second kappa shape index (κ2) is 3.69. The van der Waals surface area contributed by atoms with Gasteiger partial charge in [0.15, 0.2) is 6.39 Å². The van der Waals surface area contributed by atoms with E-state index in [2.05, 4.69) is 10.3 Å². The molecule has 0 aromatic carbocycles. The highest BCUT2D eigenvalue weighted by molar-refractivity contribution is 4.88. The predicted octanol–water partition coefficient (Wildman–Crippen LogP) is 0.553. The summed E-state index contributed by atoms with van der Waals surface area (Å²) in [7, 11) is 0. The van der Waals surface area contributed by atoms with E-state index in [4.69, 9.17) is 9.15 Å². The molecule has 0 saturated carbocycles. The summed E-state index contributed by atoms with van der Waals surface area (Å²) in [5.74, 6) is 0. The Morgan fingerprint density at radius 3 is 3.42 bits per heavy atom. The lowest BCUT2D eigenvalue weighted by molar-refractivity contribution is 0.0522. The summed E-state index contributed by atoms with van der Waals surface area (Å²) in [6, 6.07) is 0. The predicted molar refractivity (Wildman–Crippen MR) is 42.6 cm³/mol. The van der Waals surface area contributed by atoms with Gasteiger partial charge in [-0.3, -0.25) is 0 Å². The zero-order chi connectivity index (χ0) is 8.23. The van der Waals surface area contributed by atoms with E-state index >= 15 is 0 Å². The van der Waals surface area contributed by atoms with Gasteiger partial charge in [-0.1, -0.05) is 0 Å². The highest BCUT2D eigenvalue weighted by Gasteiger charge is 2.14. The van der Waals surface area contributed by atoms with E-state index in [0.717, 1.165) is 25.2 Å². The lowest BCUT2D eigenvalue weighted by Crippen LogP contribution is -2.16. The Bertz CT molecular complexity index is 217. The fourth-order valence-corrected chi connectivity index (χ4v) is 1.28. The van der Waals surface area contributed by atoms with Gasteiger partial charge in [-0.05, 0) is 13.0 Å². The number of hydrogen-bond donors (Lipinski definition) is 1. The van der Waals surface area contributed by atoms with Gasteiger partial charge in [-0.25, -0.2) is 4.98 Å². The Labute approximate surface area is 70.9 Å². The van der Waals surface area contributed by atoms with Crippen molar-refractivity contribution in [3.63, 3.8) is 0 Å². The summed E-state index contributed by atoms with van der Waals surface area (Å²) in [5.41, 5.74) is 0.863. The molecule has 0 radical (unpaired) electrons. The Balaban J connectivity index is 1.74. The monoisotopic (exact) mass is 168 g/mol. The molecule has 1 N–H and O–H groups in total. The van der Waals surface area contributed by atoms with Crippen LogP contribution in [-0.2, 0) is 11.3 Å². The fourth-order valence-electron chi connectivity index (χ4n) is 1.28. The minimum atomic E-state index is 0.349. The topological polar surface area (TPSA) is 47.3 Å². The lowest BCUT2D eigenvalue weighted by Gasteiger charge is -2.07. The third kappa shape index (κ3) is 1.84. The highest BCUT2D eigenvalue weighted by atomic mass is 16.5. The van der Waals surface area contributed by atoms with Crippen molar-refractivity contribution >= 4 is 0 Å². The molecule has 2 heterocycles. The SMILES string of the molecule is c1nc(CO[C@@H]2CCNC2)co1. The maximum atomic E-state index is 5.56. The molecule has 1 fully saturated rings. The quantitative estimate of drug-likeness (QED) is 0.716. The number of ether oxygens (including phenoxy) is 1. The van der Waals surface area contributed by atoms with Crippen LogP contribution in [0.4, 0.5) is 0 Å². The molecule has 0 unspecified atom stereocenters. The lowest BCUT2D eigenvalue weighted by atomic mass is 10.3. The number of hydrogen-bond acceptors (Lipinski definition) is 4. The van der Waals surface area contributed by atoms with E-state index in [-0.39, 0.29) is 0 Å². The third-order valence-electron chi connectivity index (χ3n) is 1.97. The molecule has 66 valence electrons. The molecular formula is C8H12N2O2. The zero-order valence-electron chi connectivity index (χ0n) is 6.82. The fraction of sp³-hybridized carbons (Fsp3) is 0.625. The van der Waals surface area contributed by atoms with E-state index in [1.54, 1.807) is 6.26 Å². The van der Waals surface area contributed by atoms with Gasteiger partial charge in [-0.2, -0.15) is 0 Å². The second-order valence-corrected chi connectivity index (χ2v) is 2.91. The smallest absolute Gasteiger partial charge is 0.180 e. The summed E-state index contributed by atoms with van der Waals surface area (Å²) >= 11 is 0. The Morgan fingerprint density at radius 1 is 1.75 bits per heavy atom. The average Bonchev–Trinajstić information content (AvgIpc) is 2.74. The number of aromatic nitrogens is 1. The van der Waals surface area contributed by atoms with Crippen molar-refractivity contribution in [2.24, 2.45) is 0 Å². The maximum absolute atomic E-state index is 5.56. The summed E-state index contributed by atoms with van der Waals surface area (Å²) in [5, 5.41) is 3.23. The van der Waals surface area contributed by atoms with Crippen molar-refractivity contribution in [1.29, 1.82) is 0 Å². The average molecular weight is 168 g/mol. The molecule has 0 amide bonds. The molecule has 4 nitrogen and oxygen atoms in total. The van der Waals surface area contributed by atoms with Crippen LogP contribution in [0.2, 0.25) is 0 Å². The minimum absolute atomic E-state index is 0.349. The molecule has 4 heteroatoms. The molecule has 1 aromatic rings. The molecule has 1 aromatic heterocycles. The maximum Gasteiger partial charge on any atom is 0.180 e. The van der Waals surface area contributed by atoms with Crippen LogP contribution in [0.15, 0.2) is 17.1 Å². The molecule has 2 rings (SSSR count). The first-order valence-electron chi connectivity index (χ1n) is 4.14. The van der Waals surface area contributed by atoms with Gasteiger partial charge >= 0.3 is 0 Å². The van der Waals surface area contributed by atoms with Crippen molar-refractivity contribution in [2.75, 3.05) is 13.1 Å². The number of nitrogens with zero attached hydrogens (tertiary/aromatic N) is 1. The Morgan fingerprint density at radius 2 is 2.75 bits per heavy atom. The van der Waals surface area contributed by atoms with Crippen molar-refractivity contribution in [3.8, 4) is 0 Å². The number of nitrogens with one attached hydrogen (secondary N) is 1. The van der Waals surface area contributed by atoms with Gasteiger partial charge in [0.25, 0.3) is 0 Å². The van der Waals surface area contributed by atoms with E-state index in [1.165, 1.54) is 6.39 Å². The number of rotatable bonds is 3. The molecule has 12 heavy (non-hydrogen) atoms. The summed E-state index contributed by atoms with van der Waals surface area (Å²) < 4.78 is 10.4. The summed E-state index contributed by atoms with van der Waals surface area (Å²) in [6.45, 7) is 2.57. The number of oxazole rings is 1. The molecule has 0 bridgehead atoms. The summed E-state index contributed by atoms with van der Waals surface area (Å²) in [4.78, 5) is 3.97. The van der Waals surface area contributed by atoms with Crippen molar-refractivity contribution in [1.82, 2.24) is 10.3 Å². The van der Waals surface area contributed by atoms with E-state index < -0.39 is 0 Å². The molecule has 1 atom stereocenters. The van der Waals surface area contributed by atoms with Crippen LogP contribution in [0.3, 0.4) is 0 Å². The van der Waals surface area contributed by atoms with Crippen LogP contribution in [-0.4, -0.2) is 24.2 Å². The van der Waals surface area contributed by atoms with E-state index in [1.807, 2.05) is 0 Å². The van der Waals surface area contributed by atoms with Crippen LogP contribution in [0, 0.1) is 0 Å². The largest absolute Gasteiger partial charge is 0.451 e. The molecule has 1 aliphatic heterocycles. The normalized spacial score (nSPS) is 23.2. The van der Waals surface area contributed by atoms with Crippen LogP contribution in [0.1, 0.15) is 12.1 Å². The Hall–Kier alpha value is -0.870. The summed E-state index contributed by atoms with van der Waals surface area (Å²) in [6.07, 6.45) is 4.48. The first-order valence-corrected chi connectivity index (χ1v) is 4.14. The van der Waals surface area contributed by atoms with Crippen molar-refractivity contribution in [2.45, 2.75) is 19.1 Å². The van der Waals surface area contributed by atoms with Gasteiger partial charge in [0.1, 0.15) is 12.0 Å². The van der Waals surface area contributed by atoms with Crippen LogP contribution < -0.4 is 5.32 Å². The Kier molecular flexibility index (Phi) is 2.39. The molecule has 0 aliphatic carbocycles. The van der Waals surface area contributed by atoms with Gasteiger partial charge in [0.05, 0.1) is 12.7 Å². The van der Waals surface area contributed by atoms with E-state index in [0.29, 0.717) is 12.7 Å². The zero-order valence-corrected chi connectivity index (χ0v) is 6.82. The molecular weight excluding hydrogens is 156 g/mol. The van der Waals surface area contributed by atoms with Gasteiger partial charge in [-0.15, -0.1) is 0 Å². The molecule has 1 saturated heterocycles. The van der Waals surface area contributed by atoms with E-state index in [9.17, 15) is 0 Å². The van der Waals surface area contributed by atoms with Crippen LogP contribution in [0.5, 0.6) is 0 Å².